The second-order valence-electron chi connectivity index (χ2n) is 5.83. The van der Waals surface area contributed by atoms with E-state index in [-0.39, 0.29) is 0 Å². The molecule has 24 heavy (non-hydrogen) atoms. The van der Waals surface area contributed by atoms with Gasteiger partial charge in [-0.1, -0.05) is 0 Å². The second kappa shape index (κ2) is 7.03. The summed E-state index contributed by atoms with van der Waals surface area (Å²) in [7, 11) is 0. The molecule has 0 spiro atoms. The molecular formula is C12H23NO11. The molecule has 1 unspecified atom stereocenters. The number of hydrogen-bond donors (Lipinski definition) is 9. The van der Waals surface area contributed by atoms with Gasteiger partial charge in [0.2, 0.25) is 5.79 Å². The standard InChI is InChI=1S/C12H23NO11/c13-12(10(21)8(19)6(17)4(1-14)23-12)24-11(3-16)9(20)7(18)5(2-15)22-11/h4-10,14-21H,1-3,13H2/t4-,5-,6-,7-,8+,9+,10-,11?,12-/m1/s1. The van der Waals surface area contributed by atoms with Crippen molar-refractivity contribution in [3.63, 3.8) is 0 Å². The zero-order chi connectivity index (χ0) is 18.3. The van der Waals surface area contributed by atoms with Crippen LogP contribution in [0.3, 0.4) is 0 Å². The molecule has 2 aliphatic rings. The summed E-state index contributed by atoms with van der Waals surface area (Å²) >= 11 is 0. The lowest BCUT2D eigenvalue weighted by Crippen LogP contribution is -2.73. The van der Waals surface area contributed by atoms with Crippen LogP contribution in [0.4, 0.5) is 0 Å². The predicted octanol–water partition coefficient (Wildman–Crippen LogP) is -6.11. The van der Waals surface area contributed by atoms with Crippen molar-refractivity contribution >= 4 is 0 Å². The van der Waals surface area contributed by atoms with E-state index in [0.29, 0.717) is 0 Å². The molecule has 12 nitrogen and oxygen atoms in total. The molecule has 2 rings (SSSR count). The molecule has 0 radical (unpaired) electrons. The maximum absolute atomic E-state index is 10.1. The molecule has 0 saturated carbocycles. The molecule has 2 fully saturated rings. The minimum Gasteiger partial charge on any atom is -0.394 e. The van der Waals surface area contributed by atoms with Gasteiger partial charge in [-0.15, -0.1) is 0 Å². The summed E-state index contributed by atoms with van der Waals surface area (Å²) in [5.74, 6) is -5.00. The highest BCUT2D eigenvalue weighted by Crippen LogP contribution is 2.38. The lowest BCUT2D eigenvalue weighted by Gasteiger charge is -2.48. The van der Waals surface area contributed by atoms with Gasteiger partial charge in [-0.3, -0.25) is 10.5 Å². The van der Waals surface area contributed by atoms with Crippen molar-refractivity contribution in [2.24, 2.45) is 5.73 Å². The first kappa shape index (κ1) is 19.8. The van der Waals surface area contributed by atoms with Crippen molar-refractivity contribution in [3.05, 3.63) is 0 Å². The van der Waals surface area contributed by atoms with Crippen molar-refractivity contribution in [3.8, 4) is 0 Å². The third-order valence-electron chi connectivity index (χ3n) is 4.22. The van der Waals surface area contributed by atoms with E-state index in [1.54, 1.807) is 0 Å². The number of hydrogen-bond acceptors (Lipinski definition) is 12. The lowest BCUT2D eigenvalue weighted by atomic mass is 9.96. The Balaban J connectivity index is 2.29. The fourth-order valence-corrected chi connectivity index (χ4v) is 2.77. The quantitative estimate of drug-likeness (QED) is 0.210. The Labute approximate surface area is 136 Å². The van der Waals surface area contributed by atoms with E-state index >= 15 is 0 Å². The summed E-state index contributed by atoms with van der Waals surface area (Å²) < 4.78 is 15.4. The molecule has 0 aromatic carbocycles. The highest BCUT2D eigenvalue weighted by molar-refractivity contribution is 5.01. The fourth-order valence-electron chi connectivity index (χ4n) is 2.77. The Hall–Kier alpha value is -0.480. The van der Waals surface area contributed by atoms with Crippen LogP contribution >= 0.6 is 0 Å². The number of nitrogens with two attached hydrogens (primary N) is 1. The van der Waals surface area contributed by atoms with Crippen LogP contribution in [0.25, 0.3) is 0 Å². The maximum Gasteiger partial charge on any atom is 0.258 e. The molecule has 2 saturated heterocycles. The van der Waals surface area contributed by atoms with Crippen LogP contribution in [-0.4, -0.2) is 115 Å². The zero-order valence-corrected chi connectivity index (χ0v) is 12.5. The number of ether oxygens (including phenoxy) is 3. The molecular weight excluding hydrogens is 334 g/mol. The van der Waals surface area contributed by atoms with E-state index in [2.05, 4.69) is 0 Å². The molecule has 0 bridgehead atoms. The first-order valence-corrected chi connectivity index (χ1v) is 7.23. The monoisotopic (exact) mass is 357 g/mol. The van der Waals surface area contributed by atoms with E-state index < -0.39 is 74.2 Å². The van der Waals surface area contributed by atoms with Crippen LogP contribution in [0.5, 0.6) is 0 Å². The third-order valence-corrected chi connectivity index (χ3v) is 4.22. The average molecular weight is 357 g/mol. The van der Waals surface area contributed by atoms with Crippen molar-refractivity contribution in [1.82, 2.24) is 0 Å². The number of aliphatic hydroxyl groups is 8. The van der Waals surface area contributed by atoms with Gasteiger partial charge < -0.3 is 50.3 Å². The molecule has 0 amide bonds. The highest BCUT2D eigenvalue weighted by Gasteiger charge is 2.62. The molecule has 0 aromatic heterocycles. The highest BCUT2D eigenvalue weighted by atomic mass is 16.8. The Morgan fingerprint density at radius 3 is 1.79 bits per heavy atom. The van der Waals surface area contributed by atoms with Gasteiger partial charge >= 0.3 is 0 Å². The maximum atomic E-state index is 10.1. The van der Waals surface area contributed by atoms with Gasteiger partial charge in [0, 0.05) is 0 Å². The van der Waals surface area contributed by atoms with Gasteiger partial charge in [0.05, 0.1) is 13.2 Å². The van der Waals surface area contributed by atoms with E-state index in [1.165, 1.54) is 0 Å². The SMILES string of the molecule is N[C@@]1(OC2(CO)O[C@H](CO)[C@@H](O)[C@@H]2O)O[C@H](CO)[C@@H](O)[C@H](O)[C@H]1O. The van der Waals surface area contributed by atoms with Crippen LogP contribution in [0.2, 0.25) is 0 Å². The number of rotatable bonds is 5. The van der Waals surface area contributed by atoms with Crippen molar-refractivity contribution in [2.75, 3.05) is 19.8 Å². The van der Waals surface area contributed by atoms with Crippen LogP contribution in [0.15, 0.2) is 0 Å². The Morgan fingerprint density at radius 1 is 0.792 bits per heavy atom. The first-order valence-electron chi connectivity index (χ1n) is 7.23. The molecule has 2 heterocycles. The van der Waals surface area contributed by atoms with Gasteiger partial charge in [0.15, 0.2) is 6.10 Å². The Bertz CT molecular complexity index is 439. The summed E-state index contributed by atoms with van der Waals surface area (Å²) in [6.45, 7) is -2.56. The molecule has 10 N–H and O–H groups in total. The van der Waals surface area contributed by atoms with Gasteiger partial charge in [0.25, 0.3) is 5.91 Å². The lowest BCUT2D eigenvalue weighted by molar-refractivity contribution is -0.432. The average Bonchev–Trinajstić information content (AvgIpc) is 2.81. The van der Waals surface area contributed by atoms with Gasteiger partial charge in [0.1, 0.15) is 43.2 Å². The van der Waals surface area contributed by atoms with Crippen molar-refractivity contribution < 1.29 is 55.1 Å². The Morgan fingerprint density at radius 2 is 1.33 bits per heavy atom. The molecule has 142 valence electrons. The van der Waals surface area contributed by atoms with E-state index in [4.69, 9.17) is 30.2 Å². The number of aliphatic hydroxyl groups excluding tert-OH is 8. The second-order valence-corrected chi connectivity index (χ2v) is 5.83. The van der Waals surface area contributed by atoms with E-state index in [0.717, 1.165) is 0 Å². The minimum atomic E-state index is -2.61. The van der Waals surface area contributed by atoms with Gasteiger partial charge in [-0.2, -0.15) is 0 Å². The molecule has 12 heteroatoms. The van der Waals surface area contributed by atoms with Crippen LogP contribution in [0.1, 0.15) is 0 Å². The van der Waals surface area contributed by atoms with Crippen LogP contribution < -0.4 is 5.73 Å². The molecule has 2 aliphatic heterocycles. The molecule has 0 aliphatic carbocycles. The zero-order valence-electron chi connectivity index (χ0n) is 12.5. The van der Waals surface area contributed by atoms with E-state index in [9.17, 15) is 30.6 Å². The summed E-state index contributed by atoms with van der Waals surface area (Å²) in [6, 6.07) is 0. The molecule has 0 aromatic rings. The predicted molar refractivity (Wildman–Crippen MR) is 71.8 cm³/mol. The molecule has 9 atom stereocenters. The minimum absolute atomic E-state index is 0.717. The van der Waals surface area contributed by atoms with Crippen LogP contribution in [0, 0.1) is 0 Å². The van der Waals surface area contributed by atoms with E-state index in [1.807, 2.05) is 0 Å². The summed E-state index contributed by atoms with van der Waals surface area (Å²) in [5, 5.41) is 77.2. The summed E-state index contributed by atoms with van der Waals surface area (Å²) in [4.78, 5) is 0. The largest absolute Gasteiger partial charge is 0.394 e. The van der Waals surface area contributed by atoms with Crippen LogP contribution in [-0.2, 0) is 14.2 Å². The summed E-state index contributed by atoms with van der Waals surface area (Å²) in [5.41, 5.74) is 5.73. The van der Waals surface area contributed by atoms with Gasteiger partial charge in [-0.25, -0.2) is 0 Å². The van der Waals surface area contributed by atoms with Gasteiger partial charge in [-0.05, 0) is 0 Å². The normalized spacial score (nSPS) is 52.6. The fraction of sp³-hybridized carbons (Fsp3) is 1.00. The smallest absolute Gasteiger partial charge is 0.258 e. The third kappa shape index (κ3) is 3.05. The first-order chi connectivity index (χ1) is 11.2. The van der Waals surface area contributed by atoms with Crippen molar-refractivity contribution in [1.29, 1.82) is 0 Å². The topological polar surface area (TPSA) is 216 Å². The Kier molecular flexibility index (Phi) is 5.81. The van der Waals surface area contributed by atoms with Crippen molar-refractivity contribution in [2.45, 2.75) is 54.4 Å². The summed E-state index contributed by atoms with van der Waals surface area (Å²) in [6.07, 6.45) is -11.9.